The van der Waals surface area contributed by atoms with E-state index < -0.39 is 6.10 Å². The molecule has 0 radical (unpaired) electrons. The fraction of sp³-hybridized carbons (Fsp3) is 0.364. The molecule has 2 rings (SSSR count). The van der Waals surface area contributed by atoms with E-state index in [4.69, 9.17) is 0 Å². The smallest absolute Gasteiger partial charge is 0.229 e. The van der Waals surface area contributed by atoms with E-state index in [1.807, 2.05) is 0 Å². The van der Waals surface area contributed by atoms with Crippen LogP contribution in [-0.4, -0.2) is 23.7 Å². The number of hydrogen-bond donors (Lipinski definition) is 1. The maximum absolute atomic E-state index is 13.0. The Bertz CT molecular complexity index is 406. The summed E-state index contributed by atoms with van der Waals surface area (Å²) in [6, 6.07) is 4.51. The van der Waals surface area contributed by atoms with Gasteiger partial charge in [-0.25, -0.2) is 4.39 Å². The number of carbonyl (C=O) groups is 1. The van der Waals surface area contributed by atoms with Gasteiger partial charge in [0, 0.05) is 5.69 Å². The van der Waals surface area contributed by atoms with Gasteiger partial charge in [0.1, 0.15) is 5.82 Å². The monoisotopic (exact) mass is 209 g/mol. The normalized spacial score (nSPS) is 21.1. The lowest BCUT2D eigenvalue weighted by atomic mass is 10.2. The van der Waals surface area contributed by atoms with Gasteiger partial charge in [-0.05, 0) is 30.7 Å². The number of aliphatic hydroxyl groups excluding tert-OH is 1. The number of carbonyl (C=O) groups excluding carboxylic acids is 1. The van der Waals surface area contributed by atoms with Gasteiger partial charge in [0.05, 0.1) is 19.1 Å². The molecular weight excluding hydrogens is 197 g/mol. The molecule has 1 atom stereocenters. The standard InChI is InChI=1S/C11H12FNO2/c1-7-4-8(2-3-10(7)12)13-6-9(14)5-11(13)15/h2-4,9,14H,5-6H2,1H3. The second-order valence-corrected chi connectivity index (χ2v) is 3.80. The van der Waals surface area contributed by atoms with Crippen LogP contribution in [0.4, 0.5) is 10.1 Å². The Balaban J connectivity index is 2.30. The van der Waals surface area contributed by atoms with Crippen molar-refractivity contribution in [3.8, 4) is 0 Å². The minimum atomic E-state index is -0.608. The zero-order chi connectivity index (χ0) is 11.0. The Kier molecular flexibility index (Phi) is 2.44. The molecule has 1 aliphatic heterocycles. The van der Waals surface area contributed by atoms with Gasteiger partial charge in [0.2, 0.25) is 5.91 Å². The van der Waals surface area contributed by atoms with Gasteiger partial charge in [0.25, 0.3) is 0 Å². The van der Waals surface area contributed by atoms with Gasteiger partial charge in [0.15, 0.2) is 0 Å². The van der Waals surface area contributed by atoms with Gasteiger partial charge in [-0.1, -0.05) is 0 Å². The first kappa shape index (κ1) is 10.1. The molecule has 1 fully saturated rings. The molecule has 0 aliphatic carbocycles. The average molecular weight is 209 g/mol. The van der Waals surface area contributed by atoms with Crippen molar-refractivity contribution in [1.82, 2.24) is 0 Å². The minimum absolute atomic E-state index is 0.117. The van der Waals surface area contributed by atoms with E-state index in [-0.39, 0.29) is 18.1 Å². The molecule has 1 saturated heterocycles. The van der Waals surface area contributed by atoms with E-state index in [9.17, 15) is 14.3 Å². The van der Waals surface area contributed by atoms with E-state index in [2.05, 4.69) is 0 Å². The van der Waals surface area contributed by atoms with Crippen LogP contribution in [0.25, 0.3) is 0 Å². The second kappa shape index (κ2) is 3.62. The Morgan fingerprint density at radius 3 is 2.80 bits per heavy atom. The molecular formula is C11H12FNO2. The Hall–Kier alpha value is -1.42. The first-order chi connectivity index (χ1) is 7.08. The number of aryl methyl sites for hydroxylation is 1. The van der Waals surface area contributed by atoms with Gasteiger partial charge < -0.3 is 10.0 Å². The third-order valence-electron chi connectivity index (χ3n) is 2.56. The van der Waals surface area contributed by atoms with E-state index in [1.54, 1.807) is 19.1 Å². The molecule has 0 saturated carbocycles. The molecule has 1 N–H and O–H groups in total. The van der Waals surface area contributed by atoms with Crippen LogP contribution in [-0.2, 0) is 4.79 Å². The van der Waals surface area contributed by atoms with Gasteiger partial charge in [-0.3, -0.25) is 4.79 Å². The van der Waals surface area contributed by atoms with Crippen molar-refractivity contribution in [3.05, 3.63) is 29.6 Å². The lowest BCUT2D eigenvalue weighted by molar-refractivity contribution is -0.117. The number of rotatable bonds is 1. The Morgan fingerprint density at radius 2 is 2.27 bits per heavy atom. The summed E-state index contributed by atoms with van der Waals surface area (Å²) in [6.07, 6.45) is -0.459. The van der Waals surface area contributed by atoms with Crippen LogP contribution in [0, 0.1) is 12.7 Å². The first-order valence-corrected chi connectivity index (χ1v) is 4.82. The number of aliphatic hydroxyl groups is 1. The summed E-state index contributed by atoms with van der Waals surface area (Å²) in [5.41, 5.74) is 1.15. The summed E-state index contributed by atoms with van der Waals surface area (Å²) in [6.45, 7) is 1.94. The molecule has 1 amide bonds. The van der Waals surface area contributed by atoms with Crippen molar-refractivity contribution in [2.45, 2.75) is 19.4 Å². The van der Waals surface area contributed by atoms with E-state index in [0.29, 0.717) is 17.8 Å². The van der Waals surface area contributed by atoms with Crippen molar-refractivity contribution >= 4 is 11.6 Å². The van der Waals surface area contributed by atoms with Crippen LogP contribution in [0.5, 0.6) is 0 Å². The largest absolute Gasteiger partial charge is 0.391 e. The fourth-order valence-corrected chi connectivity index (χ4v) is 1.74. The number of anilines is 1. The summed E-state index contributed by atoms with van der Waals surface area (Å²) in [4.78, 5) is 12.9. The Morgan fingerprint density at radius 1 is 1.53 bits per heavy atom. The van der Waals surface area contributed by atoms with Crippen molar-refractivity contribution in [2.75, 3.05) is 11.4 Å². The summed E-state index contributed by atoms with van der Waals surface area (Å²) < 4.78 is 13.0. The molecule has 1 aliphatic rings. The highest BCUT2D eigenvalue weighted by Gasteiger charge is 2.29. The minimum Gasteiger partial charge on any atom is -0.391 e. The number of amides is 1. The molecule has 4 heteroatoms. The second-order valence-electron chi connectivity index (χ2n) is 3.80. The quantitative estimate of drug-likeness (QED) is 0.755. The zero-order valence-corrected chi connectivity index (χ0v) is 8.40. The van der Waals surface area contributed by atoms with Crippen LogP contribution in [0.2, 0.25) is 0 Å². The van der Waals surface area contributed by atoms with Crippen LogP contribution in [0.15, 0.2) is 18.2 Å². The molecule has 1 heterocycles. The number of halogens is 1. The average Bonchev–Trinajstić information content (AvgIpc) is 2.50. The molecule has 1 aromatic rings. The van der Waals surface area contributed by atoms with Crippen molar-refractivity contribution in [2.24, 2.45) is 0 Å². The molecule has 0 spiro atoms. The fourth-order valence-electron chi connectivity index (χ4n) is 1.74. The number of benzene rings is 1. The lowest BCUT2D eigenvalue weighted by Crippen LogP contribution is -2.25. The number of hydrogen-bond acceptors (Lipinski definition) is 2. The van der Waals surface area contributed by atoms with Crippen LogP contribution < -0.4 is 4.90 Å². The summed E-state index contributed by atoms with van der Waals surface area (Å²) in [5.74, 6) is -0.403. The van der Waals surface area contributed by atoms with Crippen LogP contribution in [0.1, 0.15) is 12.0 Å². The SMILES string of the molecule is Cc1cc(N2CC(O)CC2=O)ccc1F. The number of nitrogens with zero attached hydrogens (tertiary/aromatic N) is 1. The predicted octanol–water partition coefficient (Wildman–Crippen LogP) is 1.23. The van der Waals surface area contributed by atoms with Crippen molar-refractivity contribution in [1.29, 1.82) is 0 Å². The number of β-amino-alcohol motifs (C(OH)–C–C–N with tert-alkyl or cyclic N) is 1. The van der Waals surface area contributed by atoms with Crippen LogP contribution in [0.3, 0.4) is 0 Å². The molecule has 0 aromatic heterocycles. The first-order valence-electron chi connectivity index (χ1n) is 4.82. The molecule has 1 aromatic carbocycles. The molecule has 3 nitrogen and oxygen atoms in total. The Labute approximate surface area is 87.1 Å². The maximum atomic E-state index is 13.0. The van der Waals surface area contributed by atoms with Gasteiger partial charge >= 0.3 is 0 Å². The highest BCUT2D eigenvalue weighted by molar-refractivity contribution is 5.96. The van der Waals surface area contributed by atoms with E-state index in [1.165, 1.54) is 11.0 Å². The lowest BCUT2D eigenvalue weighted by Gasteiger charge is -2.16. The topological polar surface area (TPSA) is 40.5 Å². The third-order valence-corrected chi connectivity index (χ3v) is 2.56. The summed E-state index contributed by atoms with van der Waals surface area (Å²) in [7, 11) is 0. The van der Waals surface area contributed by atoms with E-state index in [0.717, 1.165) is 0 Å². The molecule has 15 heavy (non-hydrogen) atoms. The van der Waals surface area contributed by atoms with Crippen molar-refractivity contribution < 1.29 is 14.3 Å². The van der Waals surface area contributed by atoms with Crippen LogP contribution >= 0.6 is 0 Å². The summed E-state index contributed by atoms with van der Waals surface area (Å²) in [5, 5.41) is 9.32. The maximum Gasteiger partial charge on any atom is 0.229 e. The molecule has 80 valence electrons. The van der Waals surface area contributed by atoms with Crippen molar-refractivity contribution in [3.63, 3.8) is 0 Å². The highest BCUT2D eigenvalue weighted by atomic mass is 19.1. The molecule has 1 unspecified atom stereocenters. The van der Waals surface area contributed by atoms with Gasteiger partial charge in [-0.15, -0.1) is 0 Å². The van der Waals surface area contributed by atoms with Gasteiger partial charge in [-0.2, -0.15) is 0 Å². The van der Waals surface area contributed by atoms with E-state index >= 15 is 0 Å². The highest BCUT2D eigenvalue weighted by Crippen LogP contribution is 2.23. The molecule has 0 bridgehead atoms. The predicted molar refractivity (Wildman–Crippen MR) is 54.1 cm³/mol. The third kappa shape index (κ3) is 1.85. The zero-order valence-electron chi connectivity index (χ0n) is 8.40. The summed E-state index contributed by atoms with van der Waals surface area (Å²) >= 11 is 0.